The zero-order valence-electron chi connectivity index (χ0n) is 16.4. The molecule has 2 aromatic rings. The Morgan fingerprint density at radius 3 is 2.57 bits per heavy atom. The second-order valence-electron chi connectivity index (χ2n) is 7.67. The average Bonchev–Trinajstić information content (AvgIpc) is 3.18. The molecule has 3 N–H and O–H groups in total. The molecule has 0 unspecified atom stereocenters. The van der Waals surface area contributed by atoms with E-state index in [1.165, 1.54) is 16.0 Å². The minimum Gasteiger partial charge on any atom is -0.497 e. The van der Waals surface area contributed by atoms with Crippen molar-refractivity contribution in [2.24, 2.45) is 0 Å². The summed E-state index contributed by atoms with van der Waals surface area (Å²) in [5.41, 5.74) is 3.55. The SMILES string of the molecule is COc1ccc(NC(=O)C[NH+]2CC[NH+](Cc3ccc4c(c3)CCO4)CC2)cc1. The topological polar surface area (TPSA) is 56.4 Å². The summed E-state index contributed by atoms with van der Waals surface area (Å²) in [6, 6.07) is 14.1. The number of carbonyl (C=O) groups excluding carboxylic acids is 1. The molecule has 2 aliphatic rings. The number of ether oxygens (including phenoxy) is 2. The van der Waals surface area contributed by atoms with Crippen LogP contribution in [-0.2, 0) is 17.8 Å². The fourth-order valence-electron chi connectivity index (χ4n) is 4.06. The zero-order chi connectivity index (χ0) is 19.3. The number of hydrogen-bond acceptors (Lipinski definition) is 3. The first-order valence-corrected chi connectivity index (χ1v) is 10.1. The average molecular weight is 383 g/mol. The highest BCUT2D eigenvalue weighted by atomic mass is 16.5. The molecule has 0 aromatic heterocycles. The van der Waals surface area contributed by atoms with Crippen LogP contribution in [0.1, 0.15) is 11.1 Å². The molecule has 148 valence electrons. The summed E-state index contributed by atoms with van der Waals surface area (Å²) >= 11 is 0. The van der Waals surface area contributed by atoms with Crippen LogP contribution in [0.3, 0.4) is 0 Å². The molecule has 2 aromatic carbocycles. The number of anilines is 1. The predicted octanol–water partition coefficient (Wildman–Crippen LogP) is -0.448. The smallest absolute Gasteiger partial charge is 0.279 e. The molecule has 1 amide bonds. The third-order valence-corrected chi connectivity index (χ3v) is 5.66. The number of quaternary nitrogens is 2. The minimum absolute atomic E-state index is 0.0715. The van der Waals surface area contributed by atoms with Gasteiger partial charge < -0.3 is 24.6 Å². The molecule has 0 bridgehead atoms. The van der Waals surface area contributed by atoms with Gasteiger partial charge in [-0.3, -0.25) is 4.79 Å². The predicted molar refractivity (Wildman–Crippen MR) is 107 cm³/mol. The van der Waals surface area contributed by atoms with Crippen LogP contribution in [0.15, 0.2) is 42.5 Å². The highest BCUT2D eigenvalue weighted by Crippen LogP contribution is 2.25. The normalized spacial score (nSPS) is 20.9. The molecule has 6 nitrogen and oxygen atoms in total. The Bertz CT molecular complexity index is 814. The summed E-state index contributed by atoms with van der Waals surface area (Å²) in [5.74, 6) is 1.91. The Morgan fingerprint density at radius 1 is 1.07 bits per heavy atom. The van der Waals surface area contributed by atoms with Gasteiger partial charge in [0.2, 0.25) is 0 Å². The number of methoxy groups -OCH3 is 1. The van der Waals surface area contributed by atoms with Crippen molar-refractivity contribution in [2.45, 2.75) is 13.0 Å². The summed E-state index contributed by atoms with van der Waals surface area (Å²) in [7, 11) is 1.64. The first-order chi connectivity index (χ1) is 13.7. The van der Waals surface area contributed by atoms with Gasteiger partial charge in [-0.1, -0.05) is 0 Å². The molecule has 0 aliphatic carbocycles. The van der Waals surface area contributed by atoms with Crippen molar-refractivity contribution in [2.75, 3.05) is 51.8 Å². The Balaban J connectivity index is 1.22. The summed E-state index contributed by atoms with van der Waals surface area (Å²) < 4.78 is 10.7. The van der Waals surface area contributed by atoms with E-state index in [0.29, 0.717) is 6.54 Å². The van der Waals surface area contributed by atoms with E-state index >= 15 is 0 Å². The van der Waals surface area contributed by atoms with Crippen molar-refractivity contribution in [3.8, 4) is 11.5 Å². The van der Waals surface area contributed by atoms with E-state index in [1.54, 1.807) is 12.0 Å². The summed E-state index contributed by atoms with van der Waals surface area (Å²) in [4.78, 5) is 15.3. The fourth-order valence-corrected chi connectivity index (χ4v) is 4.06. The molecule has 6 heteroatoms. The van der Waals surface area contributed by atoms with Crippen molar-refractivity contribution in [3.05, 3.63) is 53.6 Å². The number of amides is 1. The highest BCUT2D eigenvalue weighted by Gasteiger charge is 2.25. The Morgan fingerprint density at radius 2 is 1.82 bits per heavy atom. The second-order valence-corrected chi connectivity index (χ2v) is 7.67. The quantitative estimate of drug-likeness (QED) is 0.634. The van der Waals surface area contributed by atoms with Crippen molar-refractivity contribution in [3.63, 3.8) is 0 Å². The van der Waals surface area contributed by atoms with Gasteiger partial charge in [-0.15, -0.1) is 0 Å². The van der Waals surface area contributed by atoms with Gasteiger partial charge in [-0.05, 0) is 48.0 Å². The van der Waals surface area contributed by atoms with E-state index in [1.807, 2.05) is 24.3 Å². The second kappa shape index (κ2) is 8.63. The van der Waals surface area contributed by atoms with E-state index < -0.39 is 0 Å². The van der Waals surface area contributed by atoms with Gasteiger partial charge in [-0.2, -0.15) is 0 Å². The molecule has 0 spiro atoms. The van der Waals surface area contributed by atoms with Crippen LogP contribution in [-0.4, -0.2) is 52.3 Å². The molecular weight excluding hydrogens is 354 g/mol. The van der Waals surface area contributed by atoms with Crippen molar-refractivity contribution < 1.29 is 24.1 Å². The number of hydrogen-bond donors (Lipinski definition) is 3. The molecule has 0 atom stereocenters. The number of nitrogens with one attached hydrogen (secondary N) is 3. The van der Waals surface area contributed by atoms with Crippen LogP contribution in [0.4, 0.5) is 5.69 Å². The van der Waals surface area contributed by atoms with E-state index in [9.17, 15) is 4.79 Å². The van der Waals surface area contributed by atoms with Crippen molar-refractivity contribution >= 4 is 11.6 Å². The van der Waals surface area contributed by atoms with Crippen LogP contribution in [0.25, 0.3) is 0 Å². The largest absolute Gasteiger partial charge is 0.497 e. The summed E-state index contributed by atoms with van der Waals surface area (Å²) in [6.45, 7) is 6.64. The minimum atomic E-state index is 0.0715. The summed E-state index contributed by atoms with van der Waals surface area (Å²) in [6.07, 6.45) is 1.03. The maximum Gasteiger partial charge on any atom is 0.279 e. The van der Waals surface area contributed by atoms with Gasteiger partial charge in [0.1, 0.15) is 44.2 Å². The van der Waals surface area contributed by atoms with Gasteiger partial charge in [0.15, 0.2) is 6.54 Å². The van der Waals surface area contributed by atoms with Crippen LogP contribution < -0.4 is 24.6 Å². The van der Waals surface area contributed by atoms with Crippen LogP contribution in [0, 0.1) is 0 Å². The van der Waals surface area contributed by atoms with E-state index in [2.05, 4.69) is 23.5 Å². The molecule has 1 fully saturated rings. The lowest BCUT2D eigenvalue weighted by atomic mass is 10.1. The third-order valence-electron chi connectivity index (χ3n) is 5.66. The first-order valence-electron chi connectivity index (χ1n) is 10.1. The van der Waals surface area contributed by atoms with Gasteiger partial charge in [0.05, 0.1) is 13.7 Å². The van der Waals surface area contributed by atoms with Gasteiger partial charge in [0, 0.05) is 17.7 Å². The van der Waals surface area contributed by atoms with Crippen LogP contribution >= 0.6 is 0 Å². The van der Waals surface area contributed by atoms with E-state index in [0.717, 1.165) is 62.9 Å². The fraction of sp³-hybridized carbons (Fsp3) is 0.409. The number of rotatable bonds is 6. The molecule has 0 saturated carbocycles. The van der Waals surface area contributed by atoms with Crippen molar-refractivity contribution in [1.82, 2.24) is 0 Å². The molecule has 2 aliphatic heterocycles. The van der Waals surface area contributed by atoms with Gasteiger partial charge >= 0.3 is 0 Å². The molecule has 0 radical (unpaired) electrons. The molecule has 2 heterocycles. The maximum atomic E-state index is 12.3. The Kier molecular flexibility index (Phi) is 5.78. The molecule has 1 saturated heterocycles. The number of benzene rings is 2. The summed E-state index contributed by atoms with van der Waals surface area (Å²) in [5, 5.41) is 2.98. The van der Waals surface area contributed by atoms with Crippen LogP contribution in [0.2, 0.25) is 0 Å². The zero-order valence-corrected chi connectivity index (χ0v) is 16.4. The highest BCUT2D eigenvalue weighted by molar-refractivity contribution is 5.91. The standard InChI is InChI=1S/C22H27N3O3/c1-27-20-5-3-19(4-6-20)23-22(26)16-25-11-9-24(10-12-25)15-17-2-7-21-18(14-17)8-13-28-21/h2-7,14H,8-13,15-16H2,1H3,(H,23,26)/p+2. The number of carbonyl (C=O) groups is 1. The van der Waals surface area contributed by atoms with E-state index in [-0.39, 0.29) is 5.91 Å². The van der Waals surface area contributed by atoms with Crippen LogP contribution in [0.5, 0.6) is 11.5 Å². The Labute approximate surface area is 166 Å². The lowest BCUT2D eigenvalue weighted by molar-refractivity contribution is -1.02. The number of piperazine rings is 1. The first kappa shape index (κ1) is 18.8. The van der Waals surface area contributed by atoms with Crippen molar-refractivity contribution in [1.29, 1.82) is 0 Å². The molecule has 28 heavy (non-hydrogen) atoms. The molecule has 4 rings (SSSR count). The van der Waals surface area contributed by atoms with E-state index in [4.69, 9.17) is 9.47 Å². The third kappa shape index (κ3) is 4.64. The number of fused-ring (bicyclic) bond motifs is 1. The monoisotopic (exact) mass is 383 g/mol. The molecular formula is C22H29N3O3+2. The lowest BCUT2D eigenvalue weighted by Gasteiger charge is -2.29. The van der Waals surface area contributed by atoms with Gasteiger partial charge in [0.25, 0.3) is 5.91 Å². The Hall–Kier alpha value is -2.57. The lowest BCUT2D eigenvalue weighted by Crippen LogP contribution is -3.28. The van der Waals surface area contributed by atoms with Gasteiger partial charge in [-0.25, -0.2) is 0 Å². The maximum absolute atomic E-state index is 12.3.